The van der Waals surface area contributed by atoms with Gasteiger partial charge in [-0.3, -0.25) is 9.79 Å². The van der Waals surface area contributed by atoms with Gasteiger partial charge in [0.2, 0.25) is 5.91 Å². The third-order valence-electron chi connectivity index (χ3n) is 4.27. The molecule has 0 aliphatic carbocycles. The third kappa shape index (κ3) is 5.08. The molecule has 2 N–H and O–H groups in total. The predicted molar refractivity (Wildman–Crippen MR) is 114 cm³/mol. The molecule has 1 amide bonds. The van der Waals surface area contributed by atoms with Gasteiger partial charge in [0.1, 0.15) is 12.1 Å². The van der Waals surface area contributed by atoms with Crippen molar-refractivity contribution >= 4 is 41.5 Å². The molecule has 2 heterocycles. The van der Waals surface area contributed by atoms with Crippen LogP contribution in [0.4, 0.5) is 5.69 Å². The fourth-order valence-corrected chi connectivity index (χ4v) is 2.85. The number of carbonyl (C=O) groups is 1. The zero-order valence-corrected chi connectivity index (χ0v) is 17.9. The van der Waals surface area contributed by atoms with Crippen molar-refractivity contribution in [2.45, 2.75) is 19.0 Å². The summed E-state index contributed by atoms with van der Waals surface area (Å²) in [6, 6.07) is 7.48. The monoisotopic (exact) mass is 485 g/mol. The molecule has 1 fully saturated rings. The van der Waals surface area contributed by atoms with Crippen molar-refractivity contribution < 1.29 is 9.53 Å². The highest BCUT2D eigenvalue weighted by Gasteiger charge is 2.31. The molecule has 146 valence electrons. The number of rotatable bonds is 5. The Bertz CT molecular complexity index is 808. The van der Waals surface area contributed by atoms with Crippen LogP contribution in [0.2, 0.25) is 0 Å². The molecule has 0 radical (unpaired) electrons. The molecule has 0 saturated carbocycles. The number of halogens is 1. The lowest BCUT2D eigenvalue weighted by Gasteiger charge is -2.19. The second-order valence-corrected chi connectivity index (χ2v) is 6.04. The molecule has 1 aliphatic heterocycles. The minimum Gasteiger partial charge on any atom is -0.497 e. The van der Waals surface area contributed by atoms with Gasteiger partial charge in [-0.25, -0.2) is 0 Å². The molecule has 0 bridgehead atoms. The number of aromatic nitrogens is 3. The number of aliphatic imine (C=N–C) groups is 1. The fourth-order valence-electron chi connectivity index (χ4n) is 2.85. The minimum absolute atomic E-state index is 0. The summed E-state index contributed by atoms with van der Waals surface area (Å²) in [4.78, 5) is 18.4. The largest absolute Gasteiger partial charge is 0.497 e. The van der Waals surface area contributed by atoms with Gasteiger partial charge in [0.15, 0.2) is 11.8 Å². The lowest BCUT2D eigenvalue weighted by molar-refractivity contribution is -0.117. The van der Waals surface area contributed by atoms with E-state index in [0.717, 1.165) is 17.3 Å². The molecule has 1 aliphatic rings. The van der Waals surface area contributed by atoms with Crippen LogP contribution in [0.3, 0.4) is 0 Å². The summed E-state index contributed by atoms with van der Waals surface area (Å²) < 4.78 is 7.08. The van der Waals surface area contributed by atoms with Gasteiger partial charge in [-0.1, -0.05) is 6.07 Å². The Morgan fingerprint density at radius 3 is 2.93 bits per heavy atom. The van der Waals surface area contributed by atoms with Crippen LogP contribution < -0.4 is 20.3 Å². The van der Waals surface area contributed by atoms with Gasteiger partial charge in [0.05, 0.1) is 19.7 Å². The molecule has 1 atom stereocenters. The molecule has 1 aromatic heterocycles. The van der Waals surface area contributed by atoms with E-state index in [2.05, 4.69) is 25.8 Å². The van der Waals surface area contributed by atoms with Gasteiger partial charge in [-0.15, -0.1) is 34.2 Å². The van der Waals surface area contributed by atoms with E-state index >= 15 is 0 Å². The number of nitrogens with zero attached hydrogens (tertiary/aromatic N) is 5. The Hall–Kier alpha value is -2.37. The molecule has 9 nitrogen and oxygen atoms in total. The second-order valence-electron chi connectivity index (χ2n) is 6.04. The van der Waals surface area contributed by atoms with E-state index in [-0.39, 0.29) is 35.9 Å². The number of benzene rings is 1. The number of hydrogen-bond acceptors (Lipinski definition) is 5. The van der Waals surface area contributed by atoms with Crippen LogP contribution in [0, 0.1) is 0 Å². The maximum atomic E-state index is 12.4. The standard InChI is InChI=1S/C17H23N7O2.HI/c1-18-17(19-9-15-22-20-11-23(15)2)21-12-7-16(25)24(10-12)13-5-4-6-14(8-13)26-3;/h4-6,8,11-12H,7,9-10H2,1-3H3,(H2,18,19,21);1H. The summed E-state index contributed by atoms with van der Waals surface area (Å²) in [5.74, 6) is 2.22. The van der Waals surface area contributed by atoms with Gasteiger partial charge >= 0.3 is 0 Å². The van der Waals surface area contributed by atoms with Crippen molar-refractivity contribution in [2.24, 2.45) is 12.0 Å². The normalized spacial score (nSPS) is 16.9. The van der Waals surface area contributed by atoms with Gasteiger partial charge < -0.3 is 24.8 Å². The Morgan fingerprint density at radius 1 is 1.44 bits per heavy atom. The van der Waals surface area contributed by atoms with Gasteiger partial charge in [0.25, 0.3) is 0 Å². The summed E-state index contributed by atoms with van der Waals surface area (Å²) in [6.45, 7) is 1.06. The van der Waals surface area contributed by atoms with Crippen LogP contribution in [0.5, 0.6) is 5.75 Å². The molecule has 2 aromatic rings. The summed E-state index contributed by atoms with van der Waals surface area (Å²) in [6.07, 6.45) is 2.05. The second kappa shape index (κ2) is 9.53. The van der Waals surface area contributed by atoms with Crippen LogP contribution >= 0.6 is 24.0 Å². The molecular formula is C17H24IN7O2. The molecule has 0 spiro atoms. The maximum Gasteiger partial charge on any atom is 0.229 e. The maximum absolute atomic E-state index is 12.4. The third-order valence-corrected chi connectivity index (χ3v) is 4.27. The SMILES string of the molecule is CN=C(NCc1nncn1C)NC1CC(=O)N(c2cccc(OC)c2)C1.I. The molecule has 27 heavy (non-hydrogen) atoms. The molecule has 3 rings (SSSR count). The first-order valence-corrected chi connectivity index (χ1v) is 8.35. The summed E-state index contributed by atoms with van der Waals surface area (Å²) in [5.41, 5.74) is 0.834. The van der Waals surface area contributed by atoms with Gasteiger partial charge in [-0.05, 0) is 12.1 Å². The molecule has 10 heteroatoms. The van der Waals surface area contributed by atoms with Crippen molar-refractivity contribution in [1.29, 1.82) is 0 Å². The Labute approximate surface area is 175 Å². The first kappa shape index (κ1) is 20.9. The van der Waals surface area contributed by atoms with E-state index in [1.165, 1.54) is 0 Å². The van der Waals surface area contributed by atoms with Crippen molar-refractivity contribution in [3.05, 3.63) is 36.4 Å². The van der Waals surface area contributed by atoms with E-state index in [1.807, 2.05) is 35.9 Å². The minimum atomic E-state index is -0.0283. The van der Waals surface area contributed by atoms with Crippen molar-refractivity contribution in [1.82, 2.24) is 25.4 Å². The van der Waals surface area contributed by atoms with Crippen molar-refractivity contribution in [3.63, 3.8) is 0 Å². The van der Waals surface area contributed by atoms with Crippen LogP contribution in [0.25, 0.3) is 0 Å². The zero-order chi connectivity index (χ0) is 18.5. The molecule has 1 saturated heterocycles. The summed E-state index contributed by atoms with van der Waals surface area (Å²) >= 11 is 0. The van der Waals surface area contributed by atoms with Crippen molar-refractivity contribution in [2.75, 3.05) is 25.6 Å². The predicted octanol–water partition coefficient (Wildman–Crippen LogP) is 0.912. The molecular weight excluding hydrogens is 461 g/mol. The zero-order valence-electron chi connectivity index (χ0n) is 15.5. The number of guanidine groups is 1. The first-order valence-electron chi connectivity index (χ1n) is 8.35. The van der Waals surface area contributed by atoms with Crippen LogP contribution in [-0.2, 0) is 18.4 Å². The number of aryl methyl sites for hydroxylation is 1. The number of nitrogens with one attached hydrogen (secondary N) is 2. The number of ether oxygens (including phenoxy) is 1. The molecule has 1 unspecified atom stereocenters. The van der Waals surface area contributed by atoms with E-state index in [4.69, 9.17) is 4.74 Å². The lowest BCUT2D eigenvalue weighted by atomic mass is 10.2. The van der Waals surface area contributed by atoms with Crippen molar-refractivity contribution in [3.8, 4) is 5.75 Å². The highest BCUT2D eigenvalue weighted by Crippen LogP contribution is 2.25. The number of carbonyl (C=O) groups excluding carboxylic acids is 1. The molecule has 1 aromatic carbocycles. The fraction of sp³-hybridized carbons (Fsp3) is 0.412. The average Bonchev–Trinajstić information content (AvgIpc) is 3.23. The van der Waals surface area contributed by atoms with E-state index in [9.17, 15) is 4.79 Å². The van der Waals surface area contributed by atoms with Crippen LogP contribution in [0.15, 0.2) is 35.6 Å². The van der Waals surface area contributed by atoms with E-state index in [0.29, 0.717) is 25.5 Å². The number of anilines is 1. The number of hydrogen-bond donors (Lipinski definition) is 2. The number of methoxy groups -OCH3 is 1. The topological polar surface area (TPSA) is 96.7 Å². The lowest BCUT2D eigenvalue weighted by Crippen LogP contribution is -2.44. The highest BCUT2D eigenvalue weighted by molar-refractivity contribution is 14.0. The smallest absolute Gasteiger partial charge is 0.229 e. The summed E-state index contributed by atoms with van der Waals surface area (Å²) in [7, 11) is 5.19. The Balaban J connectivity index is 0.00000261. The Morgan fingerprint density at radius 2 is 2.26 bits per heavy atom. The Kier molecular flexibility index (Phi) is 7.39. The van der Waals surface area contributed by atoms with E-state index in [1.54, 1.807) is 25.4 Å². The quantitative estimate of drug-likeness (QED) is 0.372. The summed E-state index contributed by atoms with van der Waals surface area (Å²) in [5, 5.41) is 14.4. The van der Waals surface area contributed by atoms with Gasteiger partial charge in [-0.2, -0.15) is 0 Å². The van der Waals surface area contributed by atoms with Gasteiger partial charge in [0, 0.05) is 38.8 Å². The highest BCUT2D eigenvalue weighted by atomic mass is 127. The van der Waals surface area contributed by atoms with Crippen LogP contribution in [0.1, 0.15) is 12.2 Å². The average molecular weight is 485 g/mol. The number of amides is 1. The first-order chi connectivity index (χ1) is 12.6. The van der Waals surface area contributed by atoms with Crippen LogP contribution in [-0.4, -0.2) is 53.4 Å². The van der Waals surface area contributed by atoms with E-state index < -0.39 is 0 Å².